The summed E-state index contributed by atoms with van der Waals surface area (Å²) in [5, 5.41) is 1.73. The molecule has 0 bridgehead atoms. The van der Waals surface area contributed by atoms with Crippen molar-refractivity contribution in [3.05, 3.63) is 69.3 Å². The molecule has 0 amide bonds. The van der Waals surface area contributed by atoms with Crippen molar-refractivity contribution in [1.82, 2.24) is 0 Å². The van der Waals surface area contributed by atoms with Gasteiger partial charge >= 0.3 is 0 Å². The van der Waals surface area contributed by atoms with E-state index in [9.17, 15) is 0 Å². The summed E-state index contributed by atoms with van der Waals surface area (Å²) in [6, 6.07) is 15.1. The van der Waals surface area contributed by atoms with Gasteiger partial charge in [0.2, 0.25) is 0 Å². The summed E-state index contributed by atoms with van der Waals surface area (Å²) in [4.78, 5) is 0. The van der Waals surface area contributed by atoms with Crippen LogP contribution >= 0.6 is 27.5 Å². The fourth-order valence-corrected chi connectivity index (χ4v) is 2.99. The van der Waals surface area contributed by atoms with Crippen LogP contribution in [0.3, 0.4) is 0 Å². The molecule has 0 aliphatic carbocycles. The number of hydrogen-bond acceptors (Lipinski definition) is 2. The Labute approximate surface area is 124 Å². The first-order chi connectivity index (χ1) is 9.15. The van der Waals surface area contributed by atoms with Gasteiger partial charge in [-0.15, -0.1) is 0 Å². The van der Waals surface area contributed by atoms with Crippen LogP contribution in [0.2, 0.25) is 5.02 Å². The van der Waals surface area contributed by atoms with Crippen molar-refractivity contribution in [2.75, 3.05) is 0 Å². The zero-order valence-electron chi connectivity index (χ0n) is 9.94. The SMILES string of the molecule is NC(c1cc2ccccc2o1)c1ccc(Cl)cc1Br. The van der Waals surface area contributed by atoms with Gasteiger partial charge in [0.05, 0.1) is 6.04 Å². The van der Waals surface area contributed by atoms with Gasteiger partial charge < -0.3 is 10.2 Å². The maximum atomic E-state index is 6.26. The smallest absolute Gasteiger partial charge is 0.134 e. The lowest BCUT2D eigenvalue weighted by atomic mass is 10.1. The van der Waals surface area contributed by atoms with Gasteiger partial charge in [-0.25, -0.2) is 0 Å². The molecular weight excluding hydrogens is 326 g/mol. The third-order valence-corrected chi connectivity index (χ3v) is 3.97. The van der Waals surface area contributed by atoms with Crippen LogP contribution in [-0.2, 0) is 0 Å². The average molecular weight is 337 g/mol. The molecule has 1 unspecified atom stereocenters. The quantitative estimate of drug-likeness (QED) is 0.723. The number of furan rings is 1. The molecule has 0 radical (unpaired) electrons. The predicted molar refractivity (Wildman–Crippen MR) is 81.4 cm³/mol. The van der Waals surface area contributed by atoms with E-state index in [2.05, 4.69) is 15.9 Å². The second-order valence-corrected chi connectivity index (χ2v) is 5.62. The van der Waals surface area contributed by atoms with Crippen molar-refractivity contribution < 1.29 is 4.42 Å². The zero-order chi connectivity index (χ0) is 13.4. The van der Waals surface area contributed by atoms with Crippen LogP contribution in [0.25, 0.3) is 11.0 Å². The van der Waals surface area contributed by atoms with Crippen LogP contribution in [0, 0.1) is 0 Å². The predicted octanol–water partition coefficient (Wildman–Crippen LogP) is 4.90. The molecule has 0 saturated heterocycles. The summed E-state index contributed by atoms with van der Waals surface area (Å²) in [5.74, 6) is 0.740. The van der Waals surface area contributed by atoms with Gasteiger partial charge in [0.25, 0.3) is 0 Å². The number of benzene rings is 2. The van der Waals surface area contributed by atoms with Crippen LogP contribution in [0.4, 0.5) is 0 Å². The largest absolute Gasteiger partial charge is 0.459 e. The van der Waals surface area contributed by atoms with Gasteiger partial charge in [0.15, 0.2) is 0 Å². The fraction of sp³-hybridized carbons (Fsp3) is 0.0667. The molecule has 2 N–H and O–H groups in total. The number of para-hydroxylation sites is 1. The summed E-state index contributed by atoms with van der Waals surface area (Å²) in [6.45, 7) is 0. The molecule has 0 spiro atoms. The number of hydrogen-bond donors (Lipinski definition) is 1. The van der Waals surface area contributed by atoms with E-state index in [4.69, 9.17) is 21.8 Å². The van der Waals surface area contributed by atoms with Crippen molar-refractivity contribution in [1.29, 1.82) is 0 Å². The highest BCUT2D eigenvalue weighted by molar-refractivity contribution is 9.10. The van der Waals surface area contributed by atoms with Crippen molar-refractivity contribution in [2.24, 2.45) is 5.73 Å². The maximum Gasteiger partial charge on any atom is 0.134 e. The minimum absolute atomic E-state index is 0.320. The van der Waals surface area contributed by atoms with E-state index in [0.29, 0.717) is 5.02 Å². The first-order valence-electron chi connectivity index (χ1n) is 5.84. The molecule has 1 aromatic heterocycles. The van der Waals surface area contributed by atoms with E-state index in [1.807, 2.05) is 48.5 Å². The molecule has 19 heavy (non-hydrogen) atoms. The molecule has 2 aromatic carbocycles. The Morgan fingerprint density at radius 1 is 1.11 bits per heavy atom. The molecule has 0 saturated carbocycles. The Bertz CT molecular complexity index is 705. The van der Waals surface area contributed by atoms with Gasteiger partial charge in [-0.3, -0.25) is 0 Å². The number of nitrogens with two attached hydrogens (primary N) is 1. The highest BCUT2D eigenvalue weighted by Crippen LogP contribution is 2.31. The van der Waals surface area contributed by atoms with E-state index in [1.165, 1.54) is 0 Å². The van der Waals surface area contributed by atoms with Crippen molar-refractivity contribution in [3.8, 4) is 0 Å². The summed E-state index contributed by atoms with van der Waals surface area (Å²) in [6.07, 6.45) is 0. The Morgan fingerprint density at radius 3 is 2.63 bits per heavy atom. The summed E-state index contributed by atoms with van der Waals surface area (Å²) < 4.78 is 6.67. The van der Waals surface area contributed by atoms with E-state index in [0.717, 1.165) is 26.8 Å². The lowest BCUT2D eigenvalue weighted by Crippen LogP contribution is -2.11. The molecule has 4 heteroatoms. The summed E-state index contributed by atoms with van der Waals surface area (Å²) >= 11 is 9.42. The Kier molecular flexibility index (Phi) is 3.35. The second-order valence-electron chi connectivity index (χ2n) is 4.33. The third kappa shape index (κ3) is 2.41. The third-order valence-electron chi connectivity index (χ3n) is 3.05. The molecule has 1 heterocycles. The molecule has 0 aliphatic heterocycles. The molecule has 0 aliphatic rings. The Morgan fingerprint density at radius 2 is 1.89 bits per heavy atom. The standard InChI is InChI=1S/C15H11BrClNO/c16-12-8-10(17)5-6-11(12)15(18)14-7-9-3-1-2-4-13(9)19-14/h1-8,15H,18H2. The minimum Gasteiger partial charge on any atom is -0.459 e. The van der Waals surface area contributed by atoms with E-state index in [1.54, 1.807) is 0 Å². The van der Waals surface area contributed by atoms with Gasteiger partial charge in [-0.2, -0.15) is 0 Å². The van der Waals surface area contributed by atoms with Crippen LogP contribution in [0.1, 0.15) is 17.4 Å². The first kappa shape index (κ1) is 12.7. The average Bonchev–Trinajstić information content (AvgIpc) is 2.81. The topological polar surface area (TPSA) is 39.2 Å². The Balaban J connectivity index is 2.05. The number of rotatable bonds is 2. The molecule has 0 fully saturated rings. The molecule has 3 rings (SSSR count). The van der Waals surface area contributed by atoms with Gasteiger partial charge in [0, 0.05) is 14.9 Å². The fourth-order valence-electron chi connectivity index (χ4n) is 2.06. The molecule has 96 valence electrons. The first-order valence-corrected chi connectivity index (χ1v) is 7.01. The highest BCUT2D eigenvalue weighted by Gasteiger charge is 2.16. The molecule has 1 atom stereocenters. The second kappa shape index (κ2) is 5.00. The monoisotopic (exact) mass is 335 g/mol. The normalized spacial score (nSPS) is 12.8. The Hall–Kier alpha value is -1.29. The van der Waals surface area contributed by atoms with Crippen molar-refractivity contribution >= 4 is 38.5 Å². The lowest BCUT2D eigenvalue weighted by molar-refractivity contribution is 0.524. The van der Waals surface area contributed by atoms with Crippen LogP contribution in [0.5, 0.6) is 0 Å². The highest BCUT2D eigenvalue weighted by atomic mass is 79.9. The van der Waals surface area contributed by atoms with Gasteiger partial charge in [-0.1, -0.05) is 51.8 Å². The van der Waals surface area contributed by atoms with Crippen molar-refractivity contribution in [3.63, 3.8) is 0 Å². The van der Waals surface area contributed by atoms with Gasteiger partial charge in [0.1, 0.15) is 11.3 Å². The summed E-state index contributed by atoms with van der Waals surface area (Å²) in [7, 11) is 0. The van der Waals surface area contributed by atoms with Crippen molar-refractivity contribution in [2.45, 2.75) is 6.04 Å². The minimum atomic E-state index is -0.320. The van der Waals surface area contributed by atoms with E-state index >= 15 is 0 Å². The molecule has 3 aromatic rings. The molecular formula is C15H11BrClNO. The van der Waals surface area contributed by atoms with E-state index < -0.39 is 0 Å². The van der Waals surface area contributed by atoms with Crippen LogP contribution in [-0.4, -0.2) is 0 Å². The lowest BCUT2D eigenvalue weighted by Gasteiger charge is -2.11. The van der Waals surface area contributed by atoms with Crippen LogP contribution in [0.15, 0.2) is 57.4 Å². The zero-order valence-corrected chi connectivity index (χ0v) is 12.3. The van der Waals surface area contributed by atoms with Gasteiger partial charge in [-0.05, 0) is 29.8 Å². The molecule has 2 nitrogen and oxygen atoms in total. The van der Waals surface area contributed by atoms with Crippen LogP contribution < -0.4 is 5.73 Å². The number of fused-ring (bicyclic) bond motifs is 1. The number of halogens is 2. The summed E-state index contributed by atoms with van der Waals surface area (Å²) in [5.41, 5.74) is 8.06. The maximum absolute atomic E-state index is 6.26. The van der Waals surface area contributed by atoms with E-state index in [-0.39, 0.29) is 6.04 Å².